The summed E-state index contributed by atoms with van der Waals surface area (Å²) in [7, 11) is -3.20. The molecule has 0 radical (unpaired) electrons. The van der Waals surface area contributed by atoms with Gasteiger partial charge in [0.2, 0.25) is 15.9 Å². The number of furan rings is 1. The number of likely N-dealkylation sites (tertiary alicyclic amines) is 1. The summed E-state index contributed by atoms with van der Waals surface area (Å²) in [6, 6.07) is 3.58. The molecule has 26 heavy (non-hydrogen) atoms. The predicted octanol–water partition coefficient (Wildman–Crippen LogP) is 2.78. The second-order valence-corrected chi connectivity index (χ2v) is 9.32. The standard InChI is InChI=1S/C19H28N2O4S/c22-19(9-8-17-5-4-14-25-17)21-12-10-16(11-13-21)15-20-26(23,24)18-6-2-1-3-7-18/h4-5,8-9,14,16,18,20H,1-3,6-7,10-13,15H2. The van der Waals surface area contributed by atoms with E-state index in [9.17, 15) is 13.2 Å². The quantitative estimate of drug-likeness (QED) is 0.770. The van der Waals surface area contributed by atoms with Gasteiger partial charge in [-0.25, -0.2) is 13.1 Å². The Kier molecular flexibility index (Phi) is 6.53. The lowest BCUT2D eigenvalue weighted by atomic mass is 9.97. The molecular formula is C19H28N2O4S. The number of carbonyl (C=O) groups is 1. The van der Waals surface area contributed by atoms with Crippen molar-refractivity contribution in [2.75, 3.05) is 19.6 Å². The normalized spacial score (nSPS) is 20.7. The Labute approximate surface area is 155 Å². The molecule has 1 saturated heterocycles. The van der Waals surface area contributed by atoms with Gasteiger partial charge in [0, 0.05) is 25.7 Å². The van der Waals surface area contributed by atoms with E-state index in [0.29, 0.717) is 31.3 Å². The van der Waals surface area contributed by atoms with E-state index in [1.807, 2.05) is 4.90 Å². The highest BCUT2D eigenvalue weighted by Gasteiger charge is 2.28. The van der Waals surface area contributed by atoms with E-state index in [1.165, 1.54) is 6.08 Å². The second-order valence-electron chi connectivity index (χ2n) is 7.27. The molecule has 0 spiro atoms. The van der Waals surface area contributed by atoms with Crippen LogP contribution in [-0.2, 0) is 14.8 Å². The molecule has 2 fully saturated rings. The topological polar surface area (TPSA) is 79.6 Å². The molecule has 2 aliphatic rings. The van der Waals surface area contributed by atoms with Gasteiger partial charge in [0.1, 0.15) is 5.76 Å². The first-order valence-electron chi connectivity index (χ1n) is 9.53. The number of piperidine rings is 1. The molecule has 6 nitrogen and oxygen atoms in total. The zero-order chi connectivity index (χ0) is 18.4. The van der Waals surface area contributed by atoms with Crippen LogP contribution >= 0.6 is 0 Å². The summed E-state index contributed by atoms with van der Waals surface area (Å²) in [5.41, 5.74) is 0. The number of carbonyl (C=O) groups excluding carboxylic acids is 1. The van der Waals surface area contributed by atoms with E-state index in [2.05, 4.69) is 4.72 Å². The van der Waals surface area contributed by atoms with Crippen molar-refractivity contribution in [2.45, 2.75) is 50.2 Å². The van der Waals surface area contributed by atoms with Gasteiger partial charge in [-0.2, -0.15) is 0 Å². The van der Waals surface area contributed by atoms with Crippen molar-refractivity contribution < 1.29 is 17.6 Å². The second kappa shape index (κ2) is 8.86. The van der Waals surface area contributed by atoms with E-state index in [4.69, 9.17) is 4.42 Å². The molecule has 7 heteroatoms. The van der Waals surface area contributed by atoms with Crippen LogP contribution in [0.15, 0.2) is 28.9 Å². The summed E-state index contributed by atoms with van der Waals surface area (Å²) >= 11 is 0. The van der Waals surface area contributed by atoms with Gasteiger partial charge in [-0.15, -0.1) is 0 Å². The van der Waals surface area contributed by atoms with E-state index in [-0.39, 0.29) is 11.2 Å². The van der Waals surface area contributed by atoms with Crippen molar-refractivity contribution in [2.24, 2.45) is 5.92 Å². The molecule has 0 atom stereocenters. The lowest BCUT2D eigenvalue weighted by molar-refractivity contribution is -0.127. The van der Waals surface area contributed by atoms with Crippen molar-refractivity contribution in [3.8, 4) is 0 Å². The fraction of sp³-hybridized carbons (Fsp3) is 0.632. The highest BCUT2D eigenvalue weighted by atomic mass is 32.2. The third kappa shape index (κ3) is 5.20. The summed E-state index contributed by atoms with van der Waals surface area (Å²) in [5.74, 6) is 0.930. The Morgan fingerprint density at radius 3 is 2.58 bits per heavy atom. The summed E-state index contributed by atoms with van der Waals surface area (Å²) in [6.07, 6.45) is 11.2. The average molecular weight is 381 g/mol. The van der Waals surface area contributed by atoms with E-state index in [0.717, 1.165) is 44.9 Å². The minimum atomic E-state index is -3.20. The highest BCUT2D eigenvalue weighted by molar-refractivity contribution is 7.90. The Hall–Kier alpha value is -1.60. The maximum Gasteiger partial charge on any atom is 0.246 e. The Bertz CT molecular complexity index is 698. The Morgan fingerprint density at radius 2 is 1.92 bits per heavy atom. The van der Waals surface area contributed by atoms with Gasteiger partial charge in [0.15, 0.2) is 0 Å². The van der Waals surface area contributed by atoms with Crippen molar-refractivity contribution in [1.29, 1.82) is 0 Å². The minimum Gasteiger partial charge on any atom is -0.465 e. The summed E-state index contributed by atoms with van der Waals surface area (Å²) in [6.45, 7) is 1.82. The summed E-state index contributed by atoms with van der Waals surface area (Å²) < 4.78 is 32.8. The lowest BCUT2D eigenvalue weighted by Crippen LogP contribution is -2.43. The fourth-order valence-electron chi connectivity index (χ4n) is 3.73. The molecular weight excluding hydrogens is 352 g/mol. The molecule has 0 unspecified atom stereocenters. The molecule has 144 valence electrons. The van der Waals surface area contributed by atoms with Crippen LogP contribution in [0.1, 0.15) is 50.7 Å². The molecule has 1 aliphatic carbocycles. The first kappa shape index (κ1) is 19.2. The smallest absolute Gasteiger partial charge is 0.246 e. The molecule has 1 amide bonds. The zero-order valence-corrected chi connectivity index (χ0v) is 15.9. The van der Waals surface area contributed by atoms with Crippen molar-refractivity contribution in [3.63, 3.8) is 0 Å². The molecule has 0 aromatic carbocycles. The number of rotatable bonds is 6. The molecule has 1 N–H and O–H groups in total. The minimum absolute atomic E-state index is 0.0253. The molecule has 1 saturated carbocycles. The van der Waals surface area contributed by atoms with Crippen molar-refractivity contribution in [1.82, 2.24) is 9.62 Å². The zero-order valence-electron chi connectivity index (χ0n) is 15.1. The van der Waals surface area contributed by atoms with Crippen molar-refractivity contribution >= 4 is 22.0 Å². The largest absolute Gasteiger partial charge is 0.465 e. The van der Waals surface area contributed by atoms with Gasteiger partial charge in [-0.3, -0.25) is 4.79 Å². The first-order valence-corrected chi connectivity index (χ1v) is 11.1. The Balaban J connectivity index is 1.41. The van der Waals surface area contributed by atoms with Crippen LogP contribution in [-0.4, -0.2) is 44.1 Å². The predicted molar refractivity (Wildman–Crippen MR) is 101 cm³/mol. The number of amides is 1. The van der Waals surface area contributed by atoms with E-state index >= 15 is 0 Å². The third-order valence-electron chi connectivity index (χ3n) is 5.42. The fourth-order valence-corrected chi connectivity index (χ4v) is 5.39. The number of nitrogens with zero attached hydrogens (tertiary/aromatic N) is 1. The SMILES string of the molecule is O=C(C=Cc1ccco1)N1CCC(CNS(=O)(=O)C2CCCCC2)CC1. The van der Waals surface area contributed by atoms with E-state index in [1.54, 1.807) is 24.5 Å². The number of hydrogen-bond donors (Lipinski definition) is 1. The maximum absolute atomic E-state index is 12.4. The number of sulfonamides is 1. The third-order valence-corrected chi connectivity index (χ3v) is 7.34. The van der Waals surface area contributed by atoms with Gasteiger partial charge >= 0.3 is 0 Å². The van der Waals surface area contributed by atoms with Crippen LogP contribution < -0.4 is 4.72 Å². The van der Waals surface area contributed by atoms with Crippen LogP contribution in [0, 0.1) is 5.92 Å². The monoisotopic (exact) mass is 380 g/mol. The molecule has 3 rings (SSSR count). The highest BCUT2D eigenvalue weighted by Crippen LogP contribution is 2.24. The van der Waals surface area contributed by atoms with Gasteiger partial charge in [0.05, 0.1) is 11.5 Å². The molecule has 0 bridgehead atoms. The molecule has 1 aromatic rings. The average Bonchev–Trinajstić information content (AvgIpc) is 3.19. The number of hydrogen-bond acceptors (Lipinski definition) is 4. The first-order chi connectivity index (χ1) is 12.5. The molecule has 1 aliphatic heterocycles. The van der Waals surface area contributed by atoms with Crippen LogP contribution in [0.25, 0.3) is 6.08 Å². The van der Waals surface area contributed by atoms with E-state index < -0.39 is 10.0 Å². The number of nitrogens with one attached hydrogen (secondary N) is 1. The van der Waals surface area contributed by atoms with Gasteiger partial charge in [0.25, 0.3) is 0 Å². The maximum atomic E-state index is 12.4. The lowest BCUT2D eigenvalue weighted by Gasteiger charge is -2.32. The molecule has 2 heterocycles. The van der Waals surface area contributed by atoms with Crippen LogP contribution in [0.5, 0.6) is 0 Å². The van der Waals surface area contributed by atoms with Gasteiger partial charge in [-0.05, 0) is 49.8 Å². The van der Waals surface area contributed by atoms with Crippen LogP contribution in [0.2, 0.25) is 0 Å². The summed E-state index contributed by atoms with van der Waals surface area (Å²) in [5, 5.41) is -0.218. The summed E-state index contributed by atoms with van der Waals surface area (Å²) in [4.78, 5) is 14.0. The van der Waals surface area contributed by atoms with Crippen LogP contribution in [0.3, 0.4) is 0 Å². The Morgan fingerprint density at radius 1 is 1.19 bits per heavy atom. The van der Waals surface area contributed by atoms with Gasteiger partial charge < -0.3 is 9.32 Å². The van der Waals surface area contributed by atoms with Crippen LogP contribution in [0.4, 0.5) is 0 Å². The van der Waals surface area contributed by atoms with Gasteiger partial charge in [-0.1, -0.05) is 19.3 Å². The van der Waals surface area contributed by atoms with Crippen molar-refractivity contribution in [3.05, 3.63) is 30.2 Å². The molecule has 1 aromatic heterocycles.